The summed E-state index contributed by atoms with van der Waals surface area (Å²) in [4.78, 5) is 13.4. The zero-order valence-corrected chi connectivity index (χ0v) is 10.4. The molecule has 9 nitrogen and oxygen atoms in total. The average molecular weight is 286 g/mol. The van der Waals surface area contributed by atoms with Crippen LogP contribution >= 0.6 is 0 Å². The molecule has 1 saturated heterocycles. The number of ether oxygens (including phenoxy) is 1. The van der Waals surface area contributed by atoms with E-state index in [0.29, 0.717) is 0 Å². The molecule has 3 aliphatic rings. The van der Waals surface area contributed by atoms with E-state index in [4.69, 9.17) is 21.3 Å². The molecule has 3 heterocycles. The molecule has 0 radical (unpaired) electrons. The molecule has 10 heteroatoms. The van der Waals surface area contributed by atoms with Crippen molar-refractivity contribution in [3.05, 3.63) is 0 Å². The van der Waals surface area contributed by atoms with Crippen molar-refractivity contribution in [2.75, 3.05) is 6.61 Å². The molecule has 0 aliphatic carbocycles. The number of hydrogen-bond acceptors (Lipinski definition) is 9. The lowest BCUT2D eigenvalue weighted by molar-refractivity contribution is -0.0692. The Morgan fingerprint density at radius 2 is 2.20 bits per heavy atom. The lowest BCUT2D eigenvalue weighted by Crippen LogP contribution is -2.51. The highest BCUT2D eigenvalue weighted by molar-refractivity contribution is 6.01. The van der Waals surface area contributed by atoms with Crippen molar-refractivity contribution in [1.29, 1.82) is 0 Å². The average Bonchev–Trinajstić information content (AvgIpc) is 2.93. The van der Waals surface area contributed by atoms with E-state index in [2.05, 4.69) is 15.0 Å². The number of nitrogens with zero attached hydrogens (tertiary/aromatic N) is 4. The second-order valence-electron chi connectivity index (χ2n) is 4.78. The largest absolute Gasteiger partial charge is 0.394 e. The molecule has 0 aromatic heterocycles. The van der Waals surface area contributed by atoms with Gasteiger partial charge in [0.1, 0.15) is 24.1 Å². The first-order chi connectivity index (χ1) is 9.52. The van der Waals surface area contributed by atoms with Crippen LogP contribution in [0, 0.1) is 0 Å². The predicted octanol–water partition coefficient (Wildman–Crippen LogP) is -2.87. The van der Waals surface area contributed by atoms with Crippen LogP contribution in [0.4, 0.5) is 4.39 Å². The maximum atomic E-state index is 14.1. The van der Waals surface area contributed by atoms with Crippen molar-refractivity contribution in [2.45, 2.75) is 36.8 Å². The zero-order chi connectivity index (χ0) is 14.4. The topological polar surface area (TPSA) is 142 Å². The van der Waals surface area contributed by atoms with Gasteiger partial charge >= 0.3 is 0 Å². The number of aliphatic hydroxyl groups is 2. The summed E-state index contributed by atoms with van der Waals surface area (Å²) in [6.45, 7) is -0.480. The SMILES string of the molecule is NC1=NC2C(N=CN2[C@@H]2O[C@H](CO)[C@@H](O)[C@H]2F)C(N)=N1. The number of rotatable bonds is 2. The van der Waals surface area contributed by atoms with Gasteiger partial charge in [-0.05, 0) is 0 Å². The summed E-state index contributed by atoms with van der Waals surface area (Å²) in [7, 11) is 0. The van der Waals surface area contributed by atoms with Crippen LogP contribution in [0.1, 0.15) is 0 Å². The van der Waals surface area contributed by atoms with Crippen LogP contribution in [0.25, 0.3) is 0 Å². The number of nitrogens with two attached hydrogens (primary N) is 2. The van der Waals surface area contributed by atoms with Gasteiger partial charge in [-0.15, -0.1) is 0 Å². The van der Waals surface area contributed by atoms with Crippen molar-refractivity contribution in [3.63, 3.8) is 0 Å². The number of hydrogen-bond donors (Lipinski definition) is 4. The van der Waals surface area contributed by atoms with Gasteiger partial charge in [0.05, 0.1) is 12.9 Å². The molecule has 20 heavy (non-hydrogen) atoms. The summed E-state index contributed by atoms with van der Waals surface area (Å²) in [5.74, 6) is 0.167. The Morgan fingerprint density at radius 3 is 2.85 bits per heavy atom. The Bertz CT molecular complexity index is 497. The van der Waals surface area contributed by atoms with Crippen LogP contribution in [0.5, 0.6) is 0 Å². The molecule has 3 rings (SSSR count). The fraction of sp³-hybridized carbons (Fsp3) is 0.700. The predicted molar refractivity (Wildman–Crippen MR) is 67.8 cm³/mol. The first kappa shape index (κ1) is 13.2. The highest BCUT2D eigenvalue weighted by Gasteiger charge is 2.50. The second-order valence-corrected chi connectivity index (χ2v) is 4.78. The van der Waals surface area contributed by atoms with Gasteiger partial charge < -0.3 is 31.3 Å². The first-order valence-corrected chi connectivity index (χ1v) is 6.09. The van der Waals surface area contributed by atoms with Crippen LogP contribution in [0.3, 0.4) is 0 Å². The zero-order valence-electron chi connectivity index (χ0n) is 10.4. The van der Waals surface area contributed by atoms with Gasteiger partial charge in [0.15, 0.2) is 18.6 Å². The van der Waals surface area contributed by atoms with E-state index < -0.39 is 43.4 Å². The van der Waals surface area contributed by atoms with Crippen molar-refractivity contribution in [2.24, 2.45) is 26.4 Å². The van der Waals surface area contributed by atoms with Crippen LogP contribution in [-0.4, -0.2) is 76.7 Å². The molecule has 3 aliphatic heterocycles. The summed E-state index contributed by atoms with van der Waals surface area (Å²) < 4.78 is 19.4. The van der Waals surface area contributed by atoms with E-state index in [9.17, 15) is 9.50 Å². The monoisotopic (exact) mass is 286 g/mol. The molecular weight excluding hydrogens is 271 g/mol. The maximum Gasteiger partial charge on any atom is 0.219 e. The molecule has 0 amide bonds. The van der Waals surface area contributed by atoms with Gasteiger partial charge in [0.2, 0.25) is 5.96 Å². The molecule has 0 aromatic rings. The second kappa shape index (κ2) is 4.65. The number of alkyl halides is 1. The van der Waals surface area contributed by atoms with Crippen molar-refractivity contribution < 1.29 is 19.3 Å². The summed E-state index contributed by atoms with van der Waals surface area (Å²) in [5, 5.41) is 18.7. The third-order valence-corrected chi connectivity index (χ3v) is 3.53. The Morgan fingerprint density at radius 1 is 1.45 bits per heavy atom. The number of amidine groups is 1. The molecule has 6 N–H and O–H groups in total. The van der Waals surface area contributed by atoms with Crippen LogP contribution in [0.15, 0.2) is 15.0 Å². The molecule has 110 valence electrons. The maximum absolute atomic E-state index is 14.1. The van der Waals surface area contributed by atoms with E-state index in [-0.39, 0.29) is 11.8 Å². The van der Waals surface area contributed by atoms with Crippen molar-refractivity contribution >= 4 is 18.1 Å². The Labute approximate surface area is 113 Å². The third kappa shape index (κ3) is 1.84. The molecule has 0 saturated carbocycles. The summed E-state index contributed by atoms with van der Waals surface area (Å²) in [6.07, 6.45) is -4.51. The minimum Gasteiger partial charge on any atom is -0.394 e. The van der Waals surface area contributed by atoms with E-state index >= 15 is 0 Å². The van der Waals surface area contributed by atoms with Gasteiger partial charge in [-0.3, -0.25) is 4.99 Å². The third-order valence-electron chi connectivity index (χ3n) is 3.53. The number of aliphatic imine (C=N–C) groups is 3. The molecule has 0 bridgehead atoms. The summed E-state index contributed by atoms with van der Waals surface area (Å²) in [6, 6.07) is -0.552. The molecule has 2 unspecified atom stereocenters. The van der Waals surface area contributed by atoms with E-state index in [1.807, 2.05) is 0 Å². The van der Waals surface area contributed by atoms with Crippen molar-refractivity contribution in [3.8, 4) is 0 Å². The van der Waals surface area contributed by atoms with Gasteiger partial charge in [-0.1, -0.05) is 0 Å². The molecular formula is C10H15FN6O3. The molecule has 0 spiro atoms. The molecule has 0 aromatic carbocycles. The summed E-state index contributed by atoms with van der Waals surface area (Å²) in [5.41, 5.74) is 11.2. The Balaban J connectivity index is 1.83. The molecule has 1 fully saturated rings. The number of halogens is 1. The smallest absolute Gasteiger partial charge is 0.219 e. The normalized spacial score (nSPS) is 43.5. The fourth-order valence-corrected chi connectivity index (χ4v) is 2.50. The van der Waals surface area contributed by atoms with E-state index in [0.717, 1.165) is 0 Å². The van der Waals surface area contributed by atoms with Gasteiger partial charge in [-0.2, -0.15) is 4.99 Å². The van der Waals surface area contributed by atoms with Gasteiger partial charge in [-0.25, -0.2) is 9.38 Å². The van der Waals surface area contributed by atoms with E-state index in [1.165, 1.54) is 11.2 Å². The minimum absolute atomic E-state index is 0.0214. The fourth-order valence-electron chi connectivity index (χ4n) is 2.50. The van der Waals surface area contributed by atoms with Gasteiger partial charge in [0, 0.05) is 0 Å². The quantitative estimate of drug-likeness (QED) is 0.430. The van der Waals surface area contributed by atoms with Crippen LogP contribution in [-0.2, 0) is 4.74 Å². The van der Waals surface area contributed by atoms with E-state index in [1.54, 1.807) is 0 Å². The summed E-state index contributed by atoms with van der Waals surface area (Å²) >= 11 is 0. The number of fused-ring (bicyclic) bond motifs is 1. The van der Waals surface area contributed by atoms with Crippen LogP contribution < -0.4 is 11.5 Å². The minimum atomic E-state index is -1.70. The van der Waals surface area contributed by atoms with Crippen molar-refractivity contribution in [1.82, 2.24) is 4.90 Å². The Kier molecular flexibility index (Phi) is 3.07. The number of guanidine groups is 1. The first-order valence-electron chi connectivity index (χ1n) is 6.09. The highest BCUT2D eigenvalue weighted by Crippen LogP contribution is 2.31. The highest BCUT2D eigenvalue weighted by atomic mass is 19.1. The lowest BCUT2D eigenvalue weighted by Gasteiger charge is -2.31. The van der Waals surface area contributed by atoms with Crippen LogP contribution in [0.2, 0.25) is 0 Å². The number of aliphatic hydroxyl groups excluding tert-OH is 2. The van der Waals surface area contributed by atoms with Gasteiger partial charge in [0.25, 0.3) is 0 Å². The standard InChI is InChI=1S/C10H15FN6O3/c11-4-6(19)3(1-18)20-9(4)17-2-14-5-7(12)15-10(13)16-8(5)17/h2-6,8-9,18-19H,1H2,(H4,12,13,15,16)/t3-,4-,5?,6-,8?,9-/m1/s1. The lowest BCUT2D eigenvalue weighted by atomic mass is 10.1. The molecule has 6 atom stereocenters. The Hall–Kier alpha value is -1.78.